The fourth-order valence-electron chi connectivity index (χ4n) is 1.32. The first-order valence-corrected chi connectivity index (χ1v) is 5.24. The number of oxazole rings is 1. The number of aromatic nitrogens is 1. The molecule has 16 heavy (non-hydrogen) atoms. The largest absolute Gasteiger partial charge is 0.441 e. The smallest absolute Gasteiger partial charge is 0.283 e. The highest BCUT2D eigenvalue weighted by Gasteiger charge is 2.19. The van der Waals surface area contributed by atoms with E-state index in [-0.39, 0.29) is 11.6 Å². The highest BCUT2D eigenvalue weighted by Crippen LogP contribution is 2.31. The molecule has 0 aliphatic heterocycles. The van der Waals surface area contributed by atoms with Gasteiger partial charge < -0.3 is 4.42 Å². The third-order valence-electron chi connectivity index (χ3n) is 2.01. The van der Waals surface area contributed by atoms with Crippen molar-refractivity contribution in [1.29, 1.82) is 0 Å². The van der Waals surface area contributed by atoms with E-state index in [9.17, 15) is 10.1 Å². The van der Waals surface area contributed by atoms with Gasteiger partial charge in [0.1, 0.15) is 11.3 Å². The van der Waals surface area contributed by atoms with Crippen LogP contribution in [0.4, 0.5) is 5.69 Å². The summed E-state index contributed by atoms with van der Waals surface area (Å²) in [6, 6.07) is 4.74. The van der Waals surface area contributed by atoms with Gasteiger partial charge in [0.15, 0.2) is 0 Å². The highest BCUT2D eigenvalue weighted by atomic mass is 79.9. The summed E-state index contributed by atoms with van der Waals surface area (Å²) in [6.07, 6.45) is 1.53. The van der Waals surface area contributed by atoms with Crippen molar-refractivity contribution >= 4 is 21.6 Å². The molecule has 0 saturated carbocycles. The first-order valence-electron chi connectivity index (χ1n) is 4.44. The molecule has 0 saturated heterocycles. The fraction of sp³-hybridized carbons (Fsp3) is 0.100. The molecule has 2 rings (SSSR count). The van der Waals surface area contributed by atoms with Crippen molar-refractivity contribution in [3.8, 4) is 11.5 Å². The lowest BCUT2D eigenvalue weighted by Gasteiger charge is -1.99. The molecule has 0 fully saturated rings. The number of nitro groups is 1. The Kier molecular flexibility index (Phi) is 2.74. The topological polar surface area (TPSA) is 69.2 Å². The number of aryl methyl sites for hydroxylation is 1. The van der Waals surface area contributed by atoms with Gasteiger partial charge in [-0.2, -0.15) is 0 Å². The van der Waals surface area contributed by atoms with Gasteiger partial charge in [-0.1, -0.05) is 15.9 Å². The number of nitrogens with zero attached hydrogens (tertiary/aromatic N) is 2. The van der Waals surface area contributed by atoms with E-state index in [1.54, 1.807) is 19.1 Å². The minimum absolute atomic E-state index is 0.0313. The van der Waals surface area contributed by atoms with Gasteiger partial charge in [0.25, 0.3) is 5.69 Å². The maximum absolute atomic E-state index is 10.9. The third kappa shape index (κ3) is 1.96. The van der Waals surface area contributed by atoms with Crippen LogP contribution in [0.5, 0.6) is 0 Å². The quantitative estimate of drug-likeness (QED) is 0.626. The van der Waals surface area contributed by atoms with Crippen molar-refractivity contribution in [2.75, 3.05) is 0 Å². The Labute approximate surface area is 99.4 Å². The summed E-state index contributed by atoms with van der Waals surface area (Å²) in [5.74, 6) is 0.879. The van der Waals surface area contributed by atoms with Crippen LogP contribution in [-0.2, 0) is 0 Å². The molecule has 0 aliphatic carbocycles. The Bertz CT molecular complexity index is 551. The predicted octanol–water partition coefficient (Wildman–Crippen LogP) is 3.32. The second-order valence-corrected chi connectivity index (χ2v) is 4.11. The lowest BCUT2D eigenvalue weighted by molar-refractivity contribution is -0.384. The van der Waals surface area contributed by atoms with Crippen molar-refractivity contribution < 1.29 is 9.34 Å². The van der Waals surface area contributed by atoms with Gasteiger partial charge in [-0.05, 0) is 19.1 Å². The second-order valence-electron chi connectivity index (χ2n) is 3.19. The van der Waals surface area contributed by atoms with E-state index < -0.39 is 4.92 Å². The molecule has 1 heterocycles. The number of nitro benzene ring substituents is 1. The zero-order valence-corrected chi connectivity index (χ0v) is 9.89. The summed E-state index contributed by atoms with van der Waals surface area (Å²) in [6.45, 7) is 1.74. The summed E-state index contributed by atoms with van der Waals surface area (Å²) in [5.41, 5.74) is 0.345. The van der Waals surface area contributed by atoms with Gasteiger partial charge in [0.2, 0.25) is 5.89 Å². The van der Waals surface area contributed by atoms with E-state index in [0.29, 0.717) is 15.8 Å². The Morgan fingerprint density at radius 3 is 2.81 bits per heavy atom. The number of halogens is 1. The molecule has 82 valence electrons. The average molecular weight is 283 g/mol. The number of rotatable bonds is 2. The maximum atomic E-state index is 10.9. The first-order chi connectivity index (χ1) is 7.58. The molecule has 0 aliphatic rings. The zero-order valence-electron chi connectivity index (χ0n) is 8.31. The van der Waals surface area contributed by atoms with Crippen LogP contribution in [0, 0.1) is 17.0 Å². The number of hydrogen-bond acceptors (Lipinski definition) is 4. The van der Waals surface area contributed by atoms with E-state index in [1.165, 1.54) is 12.3 Å². The summed E-state index contributed by atoms with van der Waals surface area (Å²) < 4.78 is 5.91. The summed E-state index contributed by atoms with van der Waals surface area (Å²) in [4.78, 5) is 14.4. The molecule has 0 amide bonds. The summed E-state index contributed by atoms with van der Waals surface area (Å²) in [5, 5.41) is 10.9. The Morgan fingerprint density at radius 1 is 1.50 bits per heavy atom. The van der Waals surface area contributed by atoms with Gasteiger partial charge in [0.05, 0.1) is 11.1 Å². The monoisotopic (exact) mass is 282 g/mol. The van der Waals surface area contributed by atoms with E-state index in [0.717, 1.165) is 0 Å². The van der Waals surface area contributed by atoms with Gasteiger partial charge in [-0.15, -0.1) is 0 Å². The Balaban J connectivity index is 2.60. The molecule has 0 unspecified atom stereocenters. The maximum Gasteiger partial charge on any atom is 0.283 e. The molecule has 0 bridgehead atoms. The fourth-order valence-corrected chi connectivity index (χ4v) is 1.66. The van der Waals surface area contributed by atoms with Crippen molar-refractivity contribution in [2.45, 2.75) is 6.92 Å². The van der Waals surface area contributed by atoms with Gasteiger partial charge in [-0.25, -0.2) is 4.98 Å². The molecule has 6 heteroatoms. The van der Waals surface area contributed by atoms with Crippen LogP contribution in [0.2, 0.25) is 0 Å². The first kappa shape index (κ1) is 10.8. The molecule has 0 spiro atoms. The molecule has 5 nitrogen and oxygen atoms in total. The molecular formula is C10H7BrN2O3. The van der Waals surface area contributed by atoms with Crippen LogP contribution in [0.1, 0.15) is 5.76 Å². The standard InChI is InChI=1S/C10H7BrN2O3/c1-6-5-12-10(16-6)8-3-2-7(11)4-9(8)13(14)15/h2-5H,1H3. The minimum Gasteiger partial charge on any atom is -0.441 e. The average Bonchev–Trinajstić information content (AvgIpc) is 2.64. The molecule has 2 aromatic rings. The molecular weight excluding hydrogens is 276 g/mol. The number of hydrogen-bond donors (Lipinski definition) is 0. The van der Waals surface area contributed by atoms with E-state index >= 15 is 0 Å². The van der Waals surface area contributed by atoms with Crippen LogP contribution >= 0.6 is 15.9 Å². The summed E-state index contributed by atoms with van der Waals surface area (Å²) >= 11 is 3.19. The van der Waals surface area contributed by atoms with E-state index in [2.05, 4.69) is 20.9 Å². The Morgan fingerprint density at radius 2 is 2.25 bits per heavy atom. The van der Waals surface area contributed by atoms with Crippen LogP contribution in [-0.4, -0.2) is 9.91 Å². The molecule has 0 atom stereocenters. The van der Waals surface area contributed by atoms with Crippen LogP contribution in [0.3, 0.4) is 0 Å². The number of benzene rings is 1. The Hall–Kier alpha value is -1.69. The molecule has 0 N–H and O–H groups in total. The highest BCUT2D eigenvalue weighted by molar-refractivity contribution is 9.10. The molecule has 1 aromatic heterocycles. The lowest BCUT2D eigenvalue weighted by atomic mass is 10.2. The van der Waals surface area contributed by atoms with Crippen molar-refractivity contribution in [1.82, 2.24) is 4.98 Å². The zero-order chi connectivity index (χ0) is 11.7. The van der Waals surface area contributed by atoms with Gasteiger partial charge in [0, 0.05) is 10.5 Å². The van der Waals surface area contributed by atoms with Gasteiger partial charge >= 0.3 is 0 Å². The van der Waals surface area contributed by atoms with Crippen LogP contribution < -0.4 is 0 Å². The van der Waals surface area contributed by atoms with E-state index in [4.69, 9.17) is 4.42 Å². The third-order valence-corrected chi connectivity index (χ3v) is 2.50. The summed E-state index contributed by atoms with van der Waals surface area (Å²) in [7, 11) is 0. The van der Waals surface area contributed by atoms with Crippen molar-refractivity contribution in [2.24, 2.45) is 0 Å². The minimum atomic E-state index is -0.459. The normalized spacial score (nSPS) is 10.4. The van der Waals surface area contributed by atoms with Crippen molar-refractivity contribution in [3.05, 3.63) is 44.7 Å². The molecule has 0 radical (unpaired) electrons. The van der Waals surface area contributed by atoms with Crippen LogP contribution in [0.25, 0.3) is 11.5 Å². The van der Waals surface area contributed by atoms with E-state index in [1.807, 2.05) is 0 Å². The van der Waals surface area contributed by atoms with Crippen molar-refractivity contribution in [3.63, 3.8) is 0 Å². The molecule has 1 aromatic carbocycles. The van der Waals surface area contributed by atoms with Crippen LogP contribution in [0.15, 0.2) is 33.3 Å². The van der Waals surface area contributed by atoms with Gasteiger partial charge in [-0.3, -0.25) is 10.1 Å². The lowest BCUT2D eigenvalue weighted by Crippen LogP contribution is -1.92. The SMILES string of the molecule is Cc1cnc(-c2ccc(Br)cc2[N+](=O)[O-])o1. The predicted molar refractivity (Wildman–Crippen MR) is 61.0 cm³/mol. The second kappa shape index (κ2) is 4.05.